The number of likely N-dealkylation sites (N-methyl/N-ethyl adjacent to an activating group) is 1. The Hall–Kier alpha value is -3.72. The van der Waals surface area contributed by atoms with Gasteiger partial charge in [0.15, 0.2) is 0 Å². The fourth-order valence-electron chi connectivity index (χ4n) is 3.64. The van der Waals surface area contributed by atoms with Gasteiger partial charge in [0.05, 0.1) is 28.6 Å². The van der Waals surface area contributed by atoms with E-state index in [-0.39, 0.29) is 30.6 Å². The van der Waals surface area contributed by atoms with Crippen molar-refractivity contribution in [3.8, 4) is 0 Å². The number of carbonyl (C=O) groups is 3. The average molecular weight is 435 g/mol. The molecule has 166 valence electrons. The van der Waals surface area contributed by atoms with E-state index in [0.29, 0.717) is 16.9 Å². The van der Waals surface area contributed by atoms with E-state index in [2.05, 4.69) is 30.4 Å². The van der Waals surface area contributed by atoms with Gasteiger partial charge in [-0.2, -0.15) is 0 Å². The Morgan fingerprint density at radius 2 is 2.00 bits per heavy atom. The van der Waals surface area contributed by atoms with Crippen LogP contribution in [0, 0.1) is 0 Å². The zero-order valence-electron chi connectivity index (χ0n) is 18.1. The first kappa shape index (κ1) is 21.5. The van der Waals surface area contributed by atoms with Crippen LogP contribution in [0.1, 0.15) is 23.2 Å². The highest BCUT2D eigenvalue weighted by molar-refractivity contribution is 6.10. The van der Waals surface area contributed by atoms with Crippen molar-refractivity contribution in [3.63, 3.8) is 0 Å². The van der Waals surface area contributed by atoms with Gasteiger partial charge in [-0.05, 0) is 50.8 Å². The summed E-state index contributed by atoms with van der Waals surface area (Å²) in [4.78, 5) is 43.9. The second-order valence-electron chi connectivity index (χ2n) is 8.09. The van der Waals surface area contributed by atoms with E-state index in [9.17, 15) is 14.4 Å². The van der Waals surface area contributed by atoms with E-state index in [1.54, 1.807) is 30.6 Å². The van der Waals surface area contributed by atoms with Crippen LogP contribution in [-0.4, -0.2) is 58.9 Å². The Bertz CT molecular complexity index is 1170. The van der Waals surface area contributed by atoms with Crippen molar-refractivity contribution in [3.05, 3.63) is 54.4 Å². The Kier molecular flexibility index (Phi) is 6.18. The summed E-state index contributed by atoms with van der Waals surface area (Å²) < 4.78 is 2.08. The molecule has 32 heavy (non-hydrogen) atoms. The van der Waals surface area contributed by atoms with Crippen LogP contribution in [0.4, 0.5) is 11.4 Å². The fourth-order valence-corrected chi connectivity index (χ4v) is 3.64. The quantitative estimate of drug-likeness (QED) is 0.528. The van der Waals surface area contributed by atoms with Gasteiger partial charge in [0.1, 0.15) is 6.04 Å². The summed E-state index contributed by atoms with van der Waals surface area (Å²) in [6, 6.07) is 11.6. The summed E-state index contributed by atoms with van der Waals surface area (Å²) in [5, 5.41) is 8.30. The molecule has 3 N–H and O–H groups in total. The number of hydrogen-bond acceptors (Lipinski definition) is 5. The zero-order valence-corrected chi connectivity index (χ0v) is 18.1. The number of rotatable bonds is 7. The normalized spacial score (nSPS) is 15.8. The largest absolute Gasteiger partial charge is 0.340 e. The summed E-state index contributed by atoms with van der Waals surface area (Å²) in [7, 11) is 4.05. The van der Waals surface area contributed by atoms with Crippen molar-refractivity contribution in [2.24, 2.45) is 0 Å². The van der Waals surface area contributed by atoms with Crippen molar-refractivity contribution in [1.82, 2.24) is 19.8 Å². The van der Waals surface area contributed by atoms with Crippen molar-refractivity contribution in [1.29, 1.82) is 0 Å². The molecule has 9 nitrogen and oxygen atoms in total. The lowest BCUT2D eigenvalue weighted by molar-refractivity contribution is -0.118. The molecule has 0 fully saturated rings. The zero-order chi connectivity index (χ0) is 22.7. The van der Waals surface area contributed by atoms with Crippen LogP contribution in [0.2, 0.25) is 0 Å². The molecule has 1 aromatic heterocycles. The van der Waals surface area contributed by atoms with Gasteiger partial charge in [0, 0.05) is 25.2 Å². The number of benzene rings is 2. The average Bonchev–Trinajstić information content (AvgIpc) is 3.12. The predicted octanol–water partition coefficient (Wildman–Crippen LogP) is 2.07. The minimum atomic E-state index is -0.782. The van der Waals surface area contributed by atoms with Gasteiger partial charge >= 0.3 is 0 Å². The van der Waals surface area contributed by atoms with Gasteiger partial charge in [0.25, 0.3) is 5.91 Å². The van der Waals surface area contributed by atoms with E-state index in [4.69, 9.17) is 0 Å². The van der Waals surface area contributed by atoms with Gasteiger partial charge in [-0.25, -0.2) is 4.98 Å². The van der Waals surface area contributed by atoms with Crippen molar-refractivity contribution < 1.29 is 14.4 Å². The topological polar surface area (TPSA) is 108 Å². The summed E-state index contributed by atoms with van der Waals surface area (Å²) in [6.45, 7) is 1.73. The molecule has 0 spiro atoms. The Balaban J connectivity index is 1.35. The molecule has 0 bridgehead atoms. The maximum atomic E-state index is 12.5. The predicted molar refractivity (Wildman–Crippen MR) is 122 cm³/mol. The SMILES string of the molecule is CN(C)CCn1cnc2cc(NC(=O)CC[C@H]3NC(=O)c4ccccc4NC3=O)ccc21. The standard InChI is InChI=1S/C23H26N6O3/c1-28(2)11-12-29-14-24-19-13-15(7-9-20(19)29)25-21(30)10-8-18-23(32)26-17-6-4-3-5-16(17)22(31)27-18/h3-7,9,13-14,18H,8,10-12H2,1-2H3,(H,25,30)(H,26,32)(H,27,31)/t18-/m1/s1. The molecule has 0 unspecified atom stereocenters. The number of para-hydroxylation sites is 1. The maximum Gasteiger partial charge on any atom is 0.254 e. The summed E-state index contributed by atoms with van der Waals surface area (Å²) in [5.74, 6) is -0.902. The smallest absolute Gasteiger partial charge is 0.254 e. The van der Waals surface area contributed by atoms with Gasteiger partial charge < -0.3 is 25.4 Å². The van der Waals surface area contributed by atoms with Crippen molar-refractivity contribution in [2.75, 3.05) is 31.3 Å². The molecule has 4 rings (SSSR count). The lowest BCUT2D eigenvalue weighted by Crippen LogP contribution is -2.41. The maximum absolute atomic E-state index is 12.5. The second kappa shape index (κ2) is 9.19. The van der Waals surface area contributed by atoms with Crippen LogP contribution in [-0.2, 0) is 16.1 Å². The Morgan fingerprint density at radius 3 is 2.81 bits per heavy atom. The van der Waals surface area contributed by atoms with Gasteiger partial charge in [-0.1, -0.05) is 12.1 Å². The molecule has 0 saturated carbocycles. The van der Waals surface area contributed by atoms with Crippen LogP contribution in [0.3, 0.4) is 0 Å². The second-order valence-corrected chi connectivity index (χ2v) is 8.09. The third-order valence-corrected chi connectivity index (χ3v) is 5.40. The number of aromatic nitrogens is 2. The molecule has 2 heterocycles. The molecule has 0 aliphatic carbocycles. The molecule has 2 aromatic carbocycles. The molecule has 3 aromatic rings. The van der Waals surface area contributed by atoms with Crippen molar-refractivity contribution in [2.45, 2.75) is 25.4 Å². The lowest BCUT2D eigenvalue weighted by Gasteiger charge is -2.14. The minimum Gasteiger partial charge on any atom is -0.340 e. The first-order valence-electron chi connectivity index (χ1n) is 10.5. The Morgan fingerprint density at radius 1 is 1.19 bits per heavy atom. The van der Waals surface area contributed by atoms with E-state index in [0.717, 1.165) is 24.1 Å². The monoisotopic (exact) mass is 434 g/mol. The Labute approximate surface area is 185 Å². The number of anilines is 2. The molecule has 1 aliphatic heterocycles. The molecule has 0 radical (unpaired) electrons. The molecule has 3 amide bonds. The first-order valence-corrected chi connectivity index (χ1v) is 10.5. The fraction of sp³-hybridized carbons (Fsp3) is 0.304. The highest BCUT2D eigenvalue weighted by Gasteiger charge is 2.27. The van der Waals surface area contributed by atoms with Gasteiger partial charge in [0.2, 0.25) is 11.8 Å². The highest BCUT2D eigenvalue weighted by Crippen LogP contribution is 2.21. The number of imidazole rings is 1. The van der Waals surface area contributed by atoms with Crippen LogP contribution in [0.15, 0.2) is 48.8 Å². The van der Waals surface area contributed by atoms with Gasteiger partial charge in [-0.3, -0.25) is 14.4 Å². The van der Waals surface area contributed by atoms with E-state index in [1.165, 1.54) is 0 Å². The number of nitrogens with zero attached hydrogens (tertiary/aromatic N) is 3. The van der Waals surface area contributed by atoms with E-state index >= 15 is 0 Å². The van der Waals surface area contributed by atoms with Crippen molar-refractivity contribution >= 4 is 40.1 Å². The highest BCUT2D eigenvalue weighted by atomic mass is 16.2. The minimum absolute atomic E-state index is 0.0873. The number of fused-ring (bicyclic) bond motifs is 2. The number of hydrogen-bond donors (Lipinski definition) is 3. The van der Waals surface area contributed by atoms with Gasteiger partial charge in [-0.15, -0.1) is 0 Å². The molecule has 0 saturated heterocycles. The summed E-state index contributed by atoms with van der Waals surface area (Å²) in [5.41, 5.74) is 3.32. The van der Waals surface area contributed by atoms with Crippen LogP contribution >= 0.6 is 0 Å². The molecule has 1 aliphatic rings. The third kappa shape index (κ3) is 4.78. The van der Waals surface area contributed by atoms with Crippen LogP contribution in [0.25, 0.3) is 11.0 Å². The number of amides is 3. The van der Waals surface area contributed by atoms with E-state index in [1.807, 2.05) is 32.3 Å². The third-order valence-electron chi connectivity index (χ3n) is 5.40. The molecule has 9 heteroatoms. The number of carbonyl (C=O) groups excluding carboxylic acids is 3. The van der Waals surface area contributed by atoms with Crippen LogP contribution in [0.5, 0.6) is 0 Å². The molecular formula is C23H26N6O3. The van der Waals surface area contributed by atoms with E-state index < -0.39 is 6.04 Å². The summed E-state index contributed by atoms with van der Waals surface area (Å²) >= 11 is 0. The number of nitrogens with one attached hydrogen (secondary N) is 3. The molecule has 1 atom stereocenters. The molecular weight excluding hydrogens is 408 g/mol. The summed E-state index contributed by atoms with van der Waals surface area (Å²) in [6.07, 6.45) is 2.08. The first-order chi connectivity index (χ1) is 15.4. The van der Waals surface area contributed by atoms with Crippen LogP contribution < -0.4 is 16.0 Å². The lowest BCUT2D eigenvalue weighted by atomic mass is 10.1.